The van der Waals surface area contributed by atoms with Gasteiger partial charge in [-0.3, -0.25) is 4.90 Å². The van der Waals surface area contributed by atoms with E-state index in [9.17, 15) is 9.90 Å². The van der Waals surface area contributed by atoms with E-state index in [2.05, 4.69) is 15.5 Å². The fourth-order valence-electron chi connectivity index (χ4n) is 4.69. The fourth-order valence-corrected chi connectivity index (χ4v) is 4.69. The summed E-state index contributed by atoms with van der Waals surface area (Å²) in [6, 6.07) is 1.14. The first-order valence-electron chi connectivity index (χ1n) is 9.68. The summed E-state index contributed by atoms with van der Waals surface area (Å²) in [6.07, 6.45) is 12.0. The molecule has 0 bridgehead atoms. The summed E-state index contributed by atoms with van der Waals surface area (Å²) in [5, 5.41) is 15.9. The Labute approximate surface area is 140 Å². The van der Waals surface area contributed by atoms with Gasteiger partial charge >= 0.3 is 6.03 Å². The molecule has 5 nitrogen and oxygen atoms in total. The van der Waals surface area contributed by atoms with Crippen molar-refractivity contribution < 1.29 is 9.90 Å². The van der Waals surface area contributed by atoms with E-state index in [0.717, 1.165) is 44.8 Å². The molecule has 0 radical (unpaired) electrons. The van der Waals surface area contributed by atoms with E-state index in [-0.39, 0.29) is 30.6 Å². The zero-order valence-electron chi connectivity index (χ0n) is 14.3. The fraction of sp³-hybridized carbons (Fsp3) is 0.944. The molecule has 3 N–H and O–H groups in total. The molecule has 0 aromatic heterocycles. The first kappa shape index (κ1) is 17.0. The summed E-state index contributed by atoms with van der Waals surface area (Å²) >= 11 is 0. The van der Waals surface area contributed by atoms with E-state index in [1.807, 2.05) is 0 Å². The van der Waals surface area contributed by atoms with Crippen LogP contribution in [0, 0.1) is 5.92 Å². The standard InChI is InChI=1S/C18H33N3O2/c22-13-14-6-2-1-3-9-17(14)20-18(23)19-15-10-11-21(12-15)16-7-4-5-8-16/h14-17,22H,1-13H2,(H2,19,20,23). The number of hydrogen-bond acceptors (Lipinski definition) is 3. The summed E-state index contributed by atoms with van der Waals surface area (Å²) in [5.74, 6) is 0.224. The number of carbonyl (C=O) groups is 1. The average Bonchev–Trinajstić information content (AvgIpc) is 3.17. The monoisotopic (exact) mass is 323 g/mol. The van der Waals surface area contributed by atoms with Crippen molar-refractivity contribution in [3.05, 3.63) is 0 Å². The van der Waals surface area contributed by atoms with Crippen LogP contribution in [0.15, 0.2) is 0 Å². The molecule has 3 unspecified atom stereocenters. The van der Waals surface area contributed by atoms with Crippen molar-refractivity contribution in [2.24, 2.45) is 5.92 Å². The Kier molecular flexibility index (Phi) is 6.17. The second kappa shape index (κ2) is 8.34. The van der Waals surface area contributed by atoms with Gasteiger partial charge in [0.05, 0.1) is 0 Å². The molecule has 3 fully saturated rings. The van der Waals surface area contributed by atoms with Crippen LogP contribution in [0.4, 0.5) is 4.79 Å². The van der Waals surface area contributed by atoms with Crippen molar-refractivity contribution in [3.8, 4) is 0 Å². The molecule has 1 aliphatic heterocycles. The Balaban J connectivity index is 1.43. The molecule has 23 heavy (non-hydrogen) atoms. The number of likely N-dealkylation sites (tertiary alicyclic amines) is 1. The molecule has 1 heterocycles. The Morgan fingerprint density at radius 2 is 1.70 bits per heavy atom. The van der Waals surface area contributed by atoms with Crippen molar-refractivity contribution in [3.63, 3.8) is 0 Å². The van der Waals surface area contributed by atoms with Gasteiger partial charge < -0.3 is 15.7 Å². The van der Waals surface area contributed by atoms with Gasteiger partial charge in [-0.05, 0) is 32.1 Å². The number of amides is 2. The number of rotatable bonds is 4. The third kappa shape index (κ3) is 4.60. The molecular weight excluding hydrogens is 290 g/mol. The number of nitrogens with zero attached hydrogens (tertiary/aromatic N) is 1. The Hall–Kier alpha value is -0.810. The maximum Gasteiger partial charge on any atom is 0.315 e. The molecule has 5 heteroatoms. The molecule has 3 rings (SSSR count). The molecule has 2 amide bonds. The Morgan fingerprint density at radius 1 is 0.957 bits per heavy atom. The number of carbonyl (C=O) groups excluding carboxylic acids is 1. The molecular formula is C18H33N3O2. The molecule has 3 atom stereocenters. The van der Waals surface area contributed by atoms with Gasteiger partial charge in [-0.2, -0.15) is 0 Å². The van der Waals surface area contributed by atoms with E-state index in [4.69, 9.17) is 0 Å². The third-order valence-corrected chi connectivity index (χ3v) is 6.11. The summed E-state index contributed by atoms with van der Waals surface area (Å²) in [6.45, 7) is 2.31. The van der Waals surface area contributed by atoms with Gasteiger partial charge in [0.25, 0.3) is 0 Å². The van der Waals surface area contributed by atoms with E-state index in [0.29, 0.717) is 0 Å². The number of hydrogen-bond donors (Lipinski definition) is 3. The van der Waals surface area contributed by atoms with Crippen LogP contribution in [0.5, 0.6) is 0 Å². The lowest BCUT2D eigenvalue weighted by molar-refractivity contribution is 0.178. The van der Waals surface area contributed by atoms with Crippen LogP contribution in [-0.2, 0) is 0 Å². The van der Waals surface area contributed by atoms with Crippen LogP contribution in [0.2, 0.25) is 0 Å². The minimum absolute atomic E-state index is 0.0337. The minimum atomic E-state index is -0.0337. The van der Waals surface area contributed by atoms with Crippen molar-refractivity contribution in [1.29, 1.82) is 0 Å². The van der Waals surface area contributed by atoms with Crippen molar-refractivity contribution >= 4 is 6.03 Å². The van der Waals surface area contributed by atoms with Crippen LogP contribution < -0.4 is 10.6 Å². The number of aliphatic hydroxyl groups is 1. The van der Waals surface area contributed by atoms with Gasteiger partial charge in [-0.1, -0.05) is 32.1 Å². The molecule has 1 saturated heterocycles. The summed E-state index contributed by atoms with van der Waals surface area (Å²) in [5.41, 5.74) is 0. The van der Waals surface area contributed by atoms with Gasteiger partial charge in [0.2, 0.25) is 0 Å². The quantitative estimate of drug-likeness (QED) is 0.695. The summed E-state index contributed by atoms with van der Waals surface area (Å²) < 4.78 is 0. The summed E-state index contributed by atoms with van der Waals surface area (Å²) in [7, 11) is 0. The van der Waals surface area contributed by atoms with Crippen molar-refractivity contribution in [2.45, 2.75) is 82.3 Å². The predicted molar refractivity (Wildman–Crippen MR) is 91.4 cm³/mol. The van der Waals surface area contributed by atoms with Crippen LogP contribution in [0.1, 0.15) is 64.2 Å². The zero-order valence-corrected chi connectivity index (χ0v) is 14.3. The van der Waals surface area contributed by atoms with Crippen LogP contribution in [0.3, 0.4) is 0 Å². The highest BCUT2D eigenvalue weighted by molar-refractivity contribution is 5.74. The second-order valence-corrected chi connectivity index (χ2v) is 7.72. The lowest BCUT2D eigenvalue weighted by Gasteiger charge is -2.26. The SMILES string of the molecule is O=C(NC1CCN(C2CCCC2)C1)NC1CCCCCC1CO. The number of aliphatic hydroxyl groups excluding tert-OH is 1. The number of nitrogens with one attached hydrogen (secondary N) is 2. The van der Waals surface area contributed by atoms with Crippen LogP contribution in [0.25, 0.3) is 0 Å². The average molecular weight is 323 g/mol. The van der Waals surface area contributed by atoms with E-state index in [1.54, 1.807) is 0 Å². The van der Waals surface area contributed by atoms with Gasteiger partial charge in [-0.25, -0.2) is 4.79 Å². The second-order valence-electron chi connectivity index (χ2n) is 7.72. The molecule has 0 spiro atoms. The molecule has 132 valence electrons. The lowest BCUT2D eigenvalue weighted by Crippen LogP contribution is -2.49. The first-order chi connectivity index (χ1) is 11.3. The van der Waals surface area contributed by atoms with Gasteiger partial charge in [0.15, 0.2) is 0 Å². The minimum Gasteiger partial charge on any atom is -0.396 e. The van der Waals surface area contributed by atoms with Gasteiger partial charge in [-0.15, -0.1) is 0 Å². The molecule has 3 aliphatic rings. The summed E-state index contributed by atoms with van der Waals surface area (Å²) in [4.78, 5) is 14.9. The molecule has 0 aromatic rings. The highest BCUT2D eigenvalue weighted by Gasteiger charge is 2.31. The number of urea groups is 1. The highest BCUT2D eigenvalue weighted by atomic mass is 16.3. The van der Waals surface area contributed by atoms with Crippen molar-refractivity contribution in [1.82, 2.24) is 15.5 Å². The Bertz CT molecular complexity index is 384. The normalized spacial score (nSPS) is 33.5. The van der Waals surface area contributed by atoms with E-state index in [1.165, 1.54) is 38.5 Å². The Morgan fingerprint density at radius 3 is 2.48 bits per heavy atom. The van der Waals surface area contributed by atoms with Crippen molar-refractivity contribution in [2.75, 3.05) is 19.7 Å². The first-order valence-corrected chi connectivity index (χ1v) is 9.68. The topological polar surface area (TPSA) is 64.6 Å². The molecule has 0 aromatic carbocycles. The van der Waals surface area contributed by atoms with Crippen LogP contribution in [-0.4, -0.2) is 53.9 Å². The van der Waals surface area contributed by atoms with E-state index >= 15 is 0 Å². The van der Waals surface area contributed by atoms with Crippen LogP contribution >= 0.6 is 0 Å². The molecule has 2 aliphatic carbocycles. The maximum atomic E-state index is 12.3. The van der Waals surface area contributed by atoms with E-state index < -0.39 is 0 Å². The highest BCUT2D eigenvalue weighted by Crippen LogP contribution is 2.26. The zero-order chi connectivity index (χ0) is 16.1. The van der Waals surface area contributed by atoms with Gasteiger partial charge in [0, 0.05) is 43.7 Å². The molecule has 2 saturated carbocycles. The van der Waals surface area contributed by atoms with Gasteiger partial charge in [0.1, 0.15) is 0 Å². The smallest absolute Gasteiger partial charge is 0.315 e. The third-order valence-electron chi connectivity index (χ3n) is 6.11. The maximum absolute atomic E-state index is 12.3. The largest absolute Gasteiger partial charge is 0.396 e. The lowest BCUT2D eigenvalue weighted by atomic mass is 9.96. The predicted octanol–water partition coefficient (Wildman–Crippen LogP) is 2.24.